The minimum atomic E-state index is -0.532. The van der Waals surface area contributed by atoms with Crippen LogP contribution in [0.4, 0.5) is 0 Å². The monoisotopic (exact) mass is 309 g/mol. The highest BCUT2D eigenvalue weighted by molar-refractivity contribution is 7.98. The van der Waals surface area contributed by atoms with Crippen molar-refractivity contribution in [3.63, 3.8) is 0 Å². The molecule has 0 radical (unpaired) electrons. The van der Waals surface area contributed by atoms with Crippen LogP contribution in [-0.4, -0.2) is 55.9 Å². The summed E-state index contributed by atoms with van der Waals surface area (Å²) in [5, 5.41) is 0. The van der Waals surface area contributed by atoms with Gasteiger partial charge in [0, 0.05) is 23.5 Å². The smallest absolute Gasteiger partial charge is 0.182 e. The Kier molecular flexibility index (Phi) is 5.30. The molecule has 0 bridgehead atoms. The molecule has 21 heavy (non-hydrogen) atoms. The van der Waals surface area contributed by atoms with Crippen molar-refractivity contribution >= 4 is 17.5 Å². The van der Waals surface area contributed by atoms with Crippen molar-refractivity contribution in [2.24, 2.45) is 0 Å². The quantitative estimate of drug-likeness (QED) is 0.618. The largest absolute Gasteiger partial charge is 0.496 e. The average Bonchev–Trinajstić information content (AvgIpc) is 2.54. The van der Waals surface area contributed by atoms with Gasteiger partial charge >= 0.3 is 0 Å². The summed E-state index contributed by atoms with van der Waals surface area (Å²) < 4.78 is 10.7. The van der Waals surface area contributed by atoms with E-state index in [0.717, 1.165) is 23.7 Å². The second-order valence-corrected chi connectivity index (χ2v) is 6.41. The number of benzene rings is 1. The third kappa shape index (κ3) is 3.42. The number of ether oxygens (including phenoxy) is 2. The van der Waals surface area contributed by atoms with Crippen molar-refractivity contribution < 1.29 is 14.3 Å². The van der Waals surface area contributed by atoms with Crippen LogP contribution >= 0.6 is 11.8 Å². The molecule has 4 nitrogen and oxygen atoms in total. The lowest BCUT2D eigenvalue weighted by atomic mass is 9.91. The molecule has 0 saturated carbocycles. The number of carbonyl (C=O) groups excluding carboxylic acids is 1. The highest BCUT2D eigenvalue weighted by Gasteiger charge is 2.36. The van der Waals surface area contributed by atoms with Gasteiger partial charge in [-0.1, -0.05) is 0 Å². The standard InChI is InChI=1S/C16H23NO3S/c1-16(2,17-7-9-20-10-8-17)15(18)12-5-6-14(21-4)13(11-12)19-3/h5-6,11H,7-10H2,1-4H3. The molecule has 0 N–H and O–H groups in total. The van der Waals surface area contributed by atoms with Crippen molar-refractivity contribution in [1.82, 2.24) is 4.90 Å². The van der Waals surface area contributed by atoms with Gasteiger partial charge in [0.15, 0.2) is 5.78 Å². The maximum absolute atomic E-state index is 12.9. The number of rotatable bonds is 5. The lowest BCUT2D eigenvalue weighted by molar-refractivity contribution is -0.00430. The summed E-state index contributed by atoms with van der Waals surface area (Å²) in [6.45, 7) is 6.92. The molecule has 0 atom stereocenters. The first-order valence-electron chi connectivity index (χ1n) is 7.10. The lowest BCUT2D eigenvalue weighted by Crippen LogP contribution is -2.54. The minimum Gasteiger partial charge on any atom is -0.496 e. The van der Waals surface area contributed by atoms with Gasteiger partial charge in [0.1, 0.15) is 5.75 Å². The number of carbonyl (C=O) groups is 1. The maximum Gasteiger partial charge on any atom is 0.182 e. The van der Waals surface area contributed by atoms with Gasteiger partial charge in [-0.15, -0.1) is 11.8 Å². The van der Waals surface area contributed by atoms with Crippen molar-refractivity contribution in [3.05, 3.63) is 23.8 Å². The van der Waals surface area contributed by atoms with Crippen molar-refractivity contribution in [2.45, 2.75) is 24.3 Å². The number of thioether (sulfide) groups is 1. The van der Waals surface area contributed by atoms with Gasteiger partial charge in [0.25, 0.3) is 0 Å². The van der Waals surface area contributed by atoms with E-state index in [9.17, 15) is 4.79 Å². The lowest BCUT2D eigenvalue weighted by Gasteiger charge is -2.39. The Hall–Kier alpha value is -1.04. The van der Waals surface area contributed by atoms with Gasteiger partial charge in [-0.2, -0.15) is 0 Å². The molecule has 1 saturated heterocycles. The fourth-order valence-electron chi connectivity index (χ4n) is 2.60. The van der Waals surface area contributed by atoms with E-state index in [-0.39, 0.29) is 5.78 Å². The fraction of sp³-hybridized carbons (Fsp3) is 0.562. The number of morpholine rings is 1. The van der Waals surface area contributed by atoms with E-state index in [1.54, 1.807) is 18.9 Å². The number of nitrogens with zero attached hydrogens (tertiary/aromatic N) is 1. The minimum absolute atomic E-state index is 0.121. The van der Waals surface area contributed by atoms with Gasteiger partial charge < -0.3 is 9.47 Å². The first-order valence-corrected chi connectivity index (χ1v) is 8.33. The molecule has 0 unspecified atom stereocenters. The Morgan fingerprint density at radius 3 is 2.57 bits per heavy atom. The zero-order valence-electron chi connectivity index (χ0n) is 13.1. The third-order valence-electron chi connectivity index (χ3n) is 4.00. The molecule has 1 fully saturated rings. The SMILES string of the molecule is COc1cc(C(=O)C(C)(C)N2CCOCC2)ccc1SC. The maximum atomic E-state index is 12.9. The Morgan fingerprint density at radius 1 is 1.33 bits per heavy atom. The van der Waals surface area contributed by atoms with Gasteiger partial charge in [-0.25, -0.2) is 0 Å². The van der Waals surface area contributed by atoms with E-state index in [4.69, 9.17) is 9.47 Å². The Balaban J connectivity index is 2.25. The number of hydrogen-bond donors (Lipinski definition) is 0. The summed E-state index contributed by atoms with van der Waals surface area (Å²) in [6, 6.07) is 5.68. The van der Waals surface area contributed by atoms with Crippen LogP contribution in [0.1, 0.15) is 24.2 Å². The second-order valence-electron chi connectivity index (χ2n) is 5.56. The van der Waals surface area contributed by atoms with E-state index < -0.39 is 5.54 Å². The van der Waals surface area contributed by atoms with E-state index in [2.05, 4.69) is 4.90 Å². The number of methoxy groups -OCH3 is 1. The molecule has 0 amide bonds. The molecule has 1 aliphatic heterocycles. The third-order valence-corrected chi connectivity index (χ3v) is 4.78. The molecule has 0 aromatic heterocycles. The highest BCUT2D eigenvalue weighted by Crippen LogP contribution is 2.30. The Morgan fingerprint density at radius 2 is 2.00 bits per heavy atom. The zero-order valence-corrected chi connectivity index (χ0v) is 14.0. The van der Waals surface area contributed by atoms with E-state index in [1.807, 2.05) is 38.3 Å². The Bertz CT molecular complexity index is 510. The molecular formula is C16H23NO3S. The van der Waals surface area contributed by atoms with Crippen molar-refractivity contribution in [3.8, 4) is 5.75 Å². The van der Waals surface area contributed by atoms with Crippen LogP contribution in [0.5, 0.6) is 5.75 Å². The normalized spacial score (nSPS) is 16.8. The van der Waals surface area contributed by atoms with E-state index in [1.165, 1.54) is 0 Å². The number of hydrogen-bond acceptors (Lipinski definition) is 5. The van der Waals surface area contributed by atoms with Crippen molar-refractivity contribution in [2.75, 3.05) is 39.7 Å². The molecular weight excluding hydrogens is 286 g/mol. The Labute approximate surface area is 130 Å². The molecule has 116 valence electrons. The van der Waals surface area contributed by atoms with Crippen LogP contribution in [0, 0.1) is 0 Å². The van der Waals surface area contributed by atoms with E-state index in [0.29, 0.717) is 18.8 Å². The molecule has 1 aliphatic rings. The average molecular weight is 309 g/mol. The summed E-state index contributed by atoms with van der Waals surface area (Å²) in [4.78, 5) is 16.1. The zero-order chi connectivity index (χ0) is 15.5. The predicted molar refractivity (Wildman–Crippen MR) is 85.6 cm³/mol. The number of ketones is 1. The van der Waals surface area contributed by atoms with Gasteiger partial charge in [-0.05, 0) is 38.3 Å². The first kappa shape index (κ1) is 16.3. The van der Waals surface area contributed by atoms with Crippen LogP contribution in [0.2, 0.25) is 0 Å². The molecule has 2 rings (SSSR count). The van der Waals surface area contributed by atoms with Crippen LogP contribution in [0.15, 0.2) is 23.1 Å². The summed E-state index contributed by atoms with van der Waals surface area (Å²) in [7, 11) is 1.64. The van der Waals surface area contributed by atoms with E-state index >= 15 is 0 Å². The van der Waals surface area contributed by atoms with Gasteiger partial charge in [0.2, 0.25) is 0 Å². The molecule has 1 heterocycles. The number of Topliss-reactive ketones (excluding diaryl/α,β-unsaturated/α-hetero) is 1. The highest BCUT2D eigenvalue weighted by atomic mass is 32.2. The van der Waals surface area contributed by atoms with Crippen molar-refractivity contribution in [1.29, 1.82) is 0 Å². The molecule has 0 spiro atoms. The summed E-state index contributed by atoms with van der Waals surface area (Å²) in [5.41, 5.74) is 0.163. The first-order chi connectivity index (χ1) is 10.0. The fourth-order valence-corrected chi connectivity index (χ4v) is 3.14. The second kappa shape index (κ2) is 6.81. The van der Waals surface area contributed by atoms with Crippen LogP contribution in [-0.2, 0) is 4.74 Å². The molecule has 0 aliphatic carbocycles. The molecule has 5 heteroatoms. The molecule has 1 aromatic carbocycles. The summed E-state index contributed by atoms with van der Waals surface area (Å²) >= 11 is 1.61. The predicted octanol–water partition coefficient (Wildman–Crippen LogP) is 2.71. The van der Waals surface area contributed by atoms with Crippen LogP contribution in [0.3, 0.4) is 0 Å². The van der Waals surface area contributed by atoms with Gasteiger partial charge in [-0.3, -0.25) is 9.69 Å². The summed E-state index contributed by atoms with van der Waals surface area (Å²) in [6.07, 6.45) is 2.00. The topological polar surface area (TPSA) is 38.8 Å². The summed E-state index contributed by atoms with van der Waals surface area (Å²) in [5.74, 6) is 0.876. The van der Waals surface area contributed by atoms with Crippen LogP contribution < -0.4 is 4.74 Å². The molecule has 1 aromatic rings. The van der Waals surface area contributed by atoms with Gasteiger partial charge in [0.05, 0.1) is 25.9 Å². The van der Waals surface area contributed by atoms with Crippen LogP contribution in [0.25, 0.3) is 0 Å².